The molecule has 2 fully saturated rings. The number of hydrogen-bond donors (Lipinski definition) is 4. The highest BCUT2D eigenvalue weighted by molar-refractivity contribution is 8.00. The number of thioether (sulfide) groups is 1. The van der Waals surface area contributed by atoms with Crippen LogP contribution in [-0.2, 0) is 28.8 Å². The van der Waals surface area contributed by atoms with Gasteiger partial charge in [0.25, 0.3) is 5.91 Å². The van der Waals surface area contributed by atoms with Gasteiger partial charge in [-0.3, -0.25) is 14.4 Å². The summed E-state index contributed by atoms with van der Waals surface area (Å²) in [4.78, 5) is 57.9. The predicted octanol–water partition coefficient (Wildman–Crippen LogP) is -1.78. The van der Waals surface area contributed by atoms with Crippen LogP contribution in [0.3, 0.4) is 0 Å². The molecule has 1 aromatic rings. The van der Waals surface area contributed by atoms with Crippen molar-refractivity contribution in [2.75, 3.05) is 25.2 Å². The van der Waals surface area contributed by atoms with Crippen LogP contribution < -0.4 is 11.1 Å². The third kappa shape index (κ3) is 4.28. The van der Waals surface area contributed by atoms with Crippen LogP contribution in [0.5, 0.6) is 0 Å². The Bertz CT molecular complexity index is 952. The fourth-order valence-corrected chi connectivity index (χ4v) is 5.25. The largest absolute Gasteiger partial charge is 0.480 e. The van der Waals surface area contributed by atoms with Crippen molar-refractivity contribution < 1.29 is 39.0 Å². The number of carboxylic acids is 1. The lowest BCUT2D eigenvalue weighted by Crippen LogP contribution is -2.80. The first-order valence-electron chi connectivity index (χ1n) is 8.74. The molecule has 31 heavy (non-hydrogen) atoms. The number of ether oxygens (including phenoxy) is 1. The molecule has 0 spiro atoms. The molecule has 0 aliphatic carbocycles. The summed E-state index contributed by atoms with van der Waals surface area (Å²) in [5.41, 5.74) is 3.54. The maximum absolute atomic E-state index is 12.7. The highest BCUT2D eigenvalue weighted by atomic mass is 32.2. The standard InChI is InChI=1S/C16H19N5O8S2/c1-6(22)29-4-16(27)5-31-13-9(12(24)21(13)10(16)14(25)26)19-11(23)8(20-28-2)7-3-30-15(17)18-7/h3,9-10,13,27H,4-5H2,1-2H3,(H2,17,18)(H,19,23)(H,25,26)/b20-8-/t9-,10?,13-,16?/m1/s1. The summed E-state index contributed by atoms with van der Waals surface area (Å²) in [6.45, 7) is 0.531. The molecule has 5 N–H and O–H groups in total. The molecule has 3 heterocycles. The van der Waals surface area contributed by atoms with E-state index >= 15 is 0 Å². The minimum Gasteiger partial charge on any atom is -0.480 e. The van der Waals surface area contributed by atoms with E-state index in [-0.39, 0.29) is 22.3 Å². The van der Waals surface area contributed by atoms with Gasteiger partial charge in [0.15, 0.2) is 16.9 Å². The molecule has 0 radical (unpaired) electrons. The number of carboxylic acid groups (broad SMARTS) is 1. The van der Waals surface area contributed by atoms with Crippen molar-refractivity contribution >= 4 is 57.7 Å². The Morgan fingerprint density at radius 2 is 2.19 bits per heavy atom. The number of oxime groups is 1. The first-order chi connectivity index (χ1) is 14.6. The van der Waals surface area contributed by atoms with E-state index in [0.717, 1.165) is 34.9 Å². The van der Waals surface area contributed by atoms with Gasteiger partial charge in [-0.25, -0.2) is 9.78 Å². The molecular weight excluding hydrogens is 454 g/mol. The summed E-state index contributed by atoms with van der Waals surface area (Å²) in [5.74, 6) is -3.78. The normalized spacial score (nSPS) is 27.7. The average Bonchev–Trinajstić information content (AvgIpc) is 3.14. The SMILES string of the molecule is CO/N=C(\C(=O)N[C@@H]1C(=O)N2C(C(=O)O)C(O)(COC(C)=O)CS[C@H]12)c1csc(N)n1. The Balaban J connectivity index is 1.76. The van der Waals surface area contributed by atoms with Gasteiger partial charge in [-0.05, 0) is 0 Å². The minimum atomic E-state index is -1.98. The Morgan fingerprint density at radius 1 is 1.48 bits per heavy atom. The minimum absolute atomic E-state index is 0.139. The molecule has 15 heteroatoms. The Hall–Kier alpha value is -2.91. The van der Waals surface area contributed by atoms with E-state index in [9.17, 15) is 29.4 Å². The fourth-order valence-electron chi connectivity index (χ4n) is 3.24. The first-order valence-corrected chi connectivity index (χ1v) is 10.7. The summed E-state index contributed by atoms with van der Waals surface area (Å²) in [6.07, 6.45) is 0. The van der Waals surface area contributed by atoms with Crippen molar-refractivity contribution in [2.45, 2.75) is 30.0 Å². The van der Waals surface area contributed by atoms with E-state index in [4.69, 9.17) is 10.5 Å². The van der Waals surface area contributed by atoms with Gasteiger partial charge in [0.05, 0.1) is 0 Å². The van der Waals surface area contributed by atoms with E-state index in [1.54, 1.807) is 0 Å². The van der Waals surface area contributed by atoms with Gasteiger partial charge in [0.1, 0.15) is 36.4 Å². The number of aliphatic hydroxyl groups is 1. The zero-order valence-electron chi connectivity index (χ0n) is 16.3. The smallest absolute Gasteiger partial charge is 0.329 e. The lowest BCUT2D eigenvalue weighted by atomic mass is 9.90. The van der Waals surface area contributed by atoms with Gasteiger partial charge < -0.3 is 35.7 Å². The second-order valence-corrected chi connectivity index (χ2v) is 8.71. The zero-order valence-corrected chi connectivity index (χ0v) is 17.9. The van der Waals surface area contributed by atoms with Gasteiger partial charge in [-0.15, -0.1) is 23.1 Å². The predicted molar refractivity (Wildman–Crippen MR) is 108 cm³/mol. The molecule has 2 saturated heterocycles. The lowest BCUT2D eigenvalue weighted by Gasteiger charge is -2.56. The maximum atomic E-state index is 12.7. The van der Waals surface area contributed by atoms with Crippen LogP contribution in [0.2, 0.25) is 0 Å². The molecule has 0 aromatic carbocycles. The summed E-state index contributed by atoms with van der Waals surface area (Å²) >= 11 is 2.14. The van der Waals surface area contributed by atoms with Gasteiger partial charge in [0, 0.05) is 18.1 Å². The third-order valence-electron chi connectivity index (χ3n) is 4.58. The van der Waals surface area contributed by atoms with Gasteiger partial charge in [-0.2, -0.15) is 0 Å². The number of rotatable bonds is 7. The number of aliphatic carboxylic acids is 1. The first kappa shape index (κ1) is 22.8. The second-order valence-electron chi connectivity index (χ2n) is 6.72. The van der Waals surface area contributed by atoms with E-state index < -0.39 is 53.4 Å². The van der Waals surface area contributed by atoms with Crippen molar-refractivity contribution in [2.24, 2.45) is 5.16 Å². The molecule has 0 saturated carbocycles. The van der Waals surface area contributed by atoms with Gasteiger partial charge in [-0.1, -0.05) is 5.16 Å². The van der Waals surface area contributed by atoms with Crippen LogP contribution in [0.15, 0.2) is 10.5 Å². The maximum Gasteiger partial charge on any atom is 0.329 e. The Labute approximate surface area is 183 Å². The zero-order chi connectivity index (χ0) is 22.9. The van der Waals surface area contributed by atoms with Crippen LogP contribution in [0.4, 0.5) is 5.13 Å². The van der Waals surface area contributed by atoms with Crippen LogP contribution >= 0.6 is 23.1 Å². The summed E-state index contributed by atoms with van der Waals surface area (Å²) in [6, 6.07) is -2.71. The van der Waals surface area contributed by atoms with Crippen molar-refractivity contribution in [3.63, 3.8) is 0 Å². The number of hydrogen-bond acceptors (Lipinski definition) is 12. The third-order valence-corrected chi connectivity index (χ3v) is 6.76. The van der Waals surface area contributed by atoms with Crippen LogP contribution in [0.1, 0.15) is 12.6 Å². The number of fused-ring (bicyclic) bond motifs is 1. The Kier molecular flexibility index (Phi) is 6.38. The second kappa shape index (κ2) is 8.68. The molecule has 2 aliphatic rings. The Morgan fingerprint density at radius 3 is 2.74 bits per heavy atom. The van der Waals surface area contributed by atoms with Crippen molar-refractivity contribution in [3.05, 3.63) is 11.1 Å². The van der Waals surface area contributed by atoms with Crippen molar-refractivity contribution in [3.8, 4) is 0 Å². The van der Waals surface area contributed by atoms with E-state index in [2.05, 4.69) is 20.3 Å². The molecule has 3 rings (SSSR count). The van der Waals surface area contributed by atoms with E-state index in [1.807, 2.05) is 0 Å². The molecule has 4 atom stereocenters. The van der Waals surface area contributed by atoms with Crippen LogP contribution in [0, 0.1) is 0 Å². The fraction of sp³-hybridized carbons (Fsp3) is 0.500. The number of carbonyl (C=O) groups is 4. The number of amides is 2. The number of nitrogens with one attached hydrogen (secondary N) is 1. The number of nitrogens with two attached hydrogens (primary N) is 1. The van der Waals surface area contributed by atoms with Crippen LogP contribution in [0.25, 0.3) is 0 Å². The molecule has 2 amide bonds. The molecular formula is C16H19N5O8S2. The van der Waals surface area contributed by atoms with Gasteiger partial charge >= 0.3 is 11.9 Å². The highest BCUT2D eigenvalue weighted by Crippen LogP contribution is 2.42. The number of thiazole rings is 1. The quantitative estimate of drug-likeness (QED) is 0.151. The highest BCUT2D eigenvalue weighted by Gasteiger charge is 2.63. The molecule has 168 valence electrons. The number of esters is 1. The molecule has 0 bridgehead atoms. The molecule has 2 aliphatic heterocycles. The van der Waals surface area contributed by atoms with E-state index in [0.29, 0.717) is 0 Å². The lowest BCUT2D eigenvalue weighted by molar-refractivity contribution is -0.182. The number of aromatic nitrogens is 1. The number of carbonyl (C=O) groups excluding carboxylic acids is 3. The van der Waals surface area contributed by atoms with Crippen LogP contribution in [-0.4, -0.2) is 92.1 Å². The molecule has 2 unspecified atom stereocenters. The summed E-state index contributed by atoms with van der Waals surface area (Å²) in [5, 5.41) is 27.4. The number of anilines is 1. The number of nitrogen functional groups attached to an aromatic ring is 1. The number of nitrogens with zero attached hydrogens (tertiary/aromatic N) is 3. The van der Waals surface area contributed by atoms with Gasteiger partial charge in [0.2, 0.25) is 5.91 Å². The molecule has 1 aromatic heterocycles. The number of β-lactam (4-membered cyclic amide) rings is 1. The summed E-state index contributed by atoms with van der Waals surface area (Å²) in [7, 11) is 1.23. The van der Waals surface area contributed by atoms with Crippen molar-refractivity contribution in [1.82, 2.24) is 15.2 Å². The average molecular weight is 473 g/mol. The van der Waals surface area contributed by atoms with E-state index in [1.165, 1.54) is 12.5 Å². The summed E-state index contributed by atoms with van der Waals surface area (Å²) < 4.78 is 4.79. The van der Waals surface area contributed by atoms with Crippen molar-refractivity contribution in [1.29, 1.82) is 0 Å². The molecule has 13 nitrogen and oxygen atoms in total. The monoisotopic (exact) mass is 473 g/mol. The topological polar surface area (TPSA) is 194 Å².